The minimum absolute atomic E-state index is 0.0164. The number of rotatable bonds is 27. The van der Waals surface area contributed by atoms with Crippen molar-refractivity contribution in [1.29, 1.82) is 0 Å². The molecule has 0 aliphatic carbocycles. The molecular weight excluding hydrogens is 714 g/mol. The van der Waals surface area contributed by atoms with E-state index in [1.54, 1.807) is 12.1 Å². The van der Waals surface area contributed by atoms with Crippen LogP contribution < -0.4 is 32.8 Å². The van der Waals surface area contributed by atoms with Gasteiger partial charge in [-0.1, -0.05) is 13.3 Å². The van der Waals surface area contributed by atoms with Gasteiger partial charge in [0, 0.05) is 48.4 Å². The van der Waals surface area contributed by atoms with Crippen LogP contribution in [0.4, 0.5) is 11.6 Å². The van der Waals surface area contributed by atoms with Gasteiger partial charge in [0.1, 0.15) is 11.8 Å². The van der Waals surface area contributed by atoms with Crippen LogP contribution in [0.2, 0.25) is 0 Å². The van der Waals surface area contributed by atoms with Crippen LogP contribution in [0.5, 0.6) is 0 Å². The summed E-state index contributed by atoms with van der Waals surface area (Å²) >= 11 is 0. The number of nitrogens with two attached hydrogens (primary N) is 1. The molecule has 1 atom stereocenters. The van der Waals surface area contributed by atoms with E-state index in [4.69, 9.17) is 19.9 Å². The molecule has 0 radical (unpaired) electrons. The number of ketones is 1. The van der Waals surface area contributed by atoms with Crippen molar-refractivity contribution in [2.24, 2.45) is 0 Å². The molecular formula is C38H49N7O10. The fourth-order valence-electron chi connectivity index (χ4n) is 5.76. The first-order valence-electron chi connectivity index (χ1n) is 18.5. The first-order chi connectivity index (χ1) is 26.6. The maximum atomic E-state index is 12.8. The standard InChI is InChI=1S/C38H49N7O10/c1-2-7-28-29(33(48)32(28)47)9-4-6-17-54-19-21-55-20-18-53-16-5-3-8-27(46)14-15-30(37(51)52)43-35(49)24-10-12-25(13-11-24)40-22-26-23-41-34-31(42-26)36(50)45-38(39)44-34/h10-13,23,30,40H,2-9,14-22H2,1H3,(H,43,49)(H,51,52)(H3,39,41,44,45,50)/t30-/m0/s1. The number of carbonyl (C=O) groups is 3. The van der Waals surface area contributed by atoms with E-state index in [1.807, 2.05) is 6.92 Å². The molecule has 2 heterocycles. The number of amides is 1. The van der Waals surface area contributed by atoms with Gasteiger partial charge in [0.2, 0.25) is 16.8 Å². The van der Waals surface area contributed by atoms with Crippen LogP contribution in [0.15, 0.2) is 44.8 Å². The molecule has 4 aromatic rings. The average Bonchev–Trinajstić information content (AvgIpc) is 3.17. The average molecular weight is 764 g/mol. The number of benzene rings is 1. The van der Waals surface area contributed by atoms with Crippen LogP contribution in [0, 0.1) is 0 Å². The number of carboxylic acid groups (broad SMARTS) is 1. The number of nitrogens with one attached hydrogen (secondary N) is 3. The van der Waals surface area contributed by atoms with Gasteiger partial charge in [-0.15, -0.1) is 0 Å². The summed E-state index contributed by atoms with van der Waals surface area (Å²) in [6.45, 7) is 4.95. The van der Waals surface area contributed by atoms with Crippen LogP contribution >= 0.6 is 0 Å². The molecule has 0 spiro atoms. The normalized spacial score (nSPS) is 11.9. The highest BCUT2D eigenvalue weighted by Crippen LogP contribution is 2.13. The first-order valence-corrected chi connectivity index (χ1v) is 18.5. The Balaban J connectivity index is 1.00. The van der Waals surface area contributed by atoms with Gasteiger partial charge in [0.25, 0.3) is 11.5 Å². The summed E-state index contributed by atoms with van der Waals surface area (Å²) in [6, 6.07) is 5.13. The fraction of sp³-hybridized carbons (Fsp3) is 0.500. The Morgan fingerprint density at radius 2 is 1.47 bits per heavy atom. The summed E-state index contributed by atoms with van der Waals surface area (Å²) in [5, 5.41) is 15.2. The molecule has 4 rings (SSSR count). The Bertz CT molecular complexity index is 2010. The highest BCUT2D eigenvalue weighted by molar-refractivity contribution is 5.97. The molecule has 0 aliphatic rings. The van der Waals surface area contributed by atoms with E-state index >= 15 is 0 Å². The lowest BCUT2D eigenvalue weighted by atomic mass is 9.93. The van der Waals surface area contributed by atoms with E-state index < -0.39 is 23.5 Å². The molecule has 2 aromatic heterocycles. The first kappa shape index (κ1) is 42.4. The molecule has 55 heavy (non-hydrogen) atoms. The molecule has 0 unspecified atom stereocenters. The Morgan fingerprint density at radius 1 is 0.836 bits per heavy atom. The van der Waals surface area contributed by atoms with Crippen LogP contribution in [-0.2, 0) is 43.2 Å². The molecule has 6 N–H and O–H groups in total. The number of anilines is 2. The second kappa shape index (κ2) is 22.1. The van der Waals surface area contributed by atoms with E-state index in [0.29, 0.717) is 87.8 Å². The van der Waals surface area contributed by atoms with Crippen LogP contribution in [0.1, 0.15) is 85.5 Å². The number of aromatic amines is 1. The minimum Gasteiger partial charge on any atom is -0.480 e. The second-order valence-electron chi connectivity index (χ2n) is 13.0. The lowest BCUT2D eigenvalue weighted by molar-refractivity contribution is -0.139. The number of aliphatic carboxylic acids is 1. The number of unbranched alkanes of at least 4 members (excludes halogenated alkanes) is 2. The zero-order chi connectivity index (χ0) is 39.6. The number of ether oxygens (including phenoxy) is 3. The molecule has 2 aromatic carbocycles. The summed E-state index contributed by atoms with van der Waals surface area (Å²) in [4.78, 5) is 87.1. The number of nitrogen functional groups attached to an aromatic ring is 1. The smallest absolute Gasteiger partial charge is 0.326 e. The lowest BCUT2D eigenvalue weighted by Gasteiger charge is -2.14. The molecule has 17 nitrogen and oxygen atoms in total. The number of hydrogen-bond donors (Lipinski definition) is 5. The summed E-state index contributed by atoms with van der Waals surface area (Å²) < 4.78 is 16.6. The van der Waals surface area contributed by atoms with Crippen LogP contribution in [0.25, 0.3) is 11.2 Å². The second-order valence-corrected chi connectivity index (χ2v) is 13.0. The number of Topliss-reactive ketones (excluding diaryl/α,β-unsaturated/α-hetero) is 1. The number of hydrogen-bond acceptors (Lipinski definition) is 14. The van der Waals surface area contributed by atoms with Gasteiger partial charge < -0.3 is 35.7 Å². The van der Waals surface area contributed by atoms with Crippen LogP contribution in [0.3, 0.4) is 0 Å². The number of carbonyl (C=O) groups excluding carboxylic acids is 2. The monoisotopic (exact) mass is 763 g/mol. The predicted molar refractivity (Wildman–Crippen MR) is 204 cm³/mol. The van der Waals surface area contributed by atoms with E-state index in [2.05, 4.69) is 30.6 Å². The zero-order valence-electron chi connectivity index (χ0n) is 31.0. The van der Waals surface area contributed by atoms with Gasteiger partial charge in [-0.05, 0) is 69.2 Å². The van der Waals surface area contributed by atoms with Crippen molar-refractivity contribution in [2.45, 2.75) is 83.7 Å². The molecule has 17 heteroatoms. The van der Waals surface area contributed by atoms with E-state index in [0.717, 1.165) is 19.3 Å². The maximum absolute atomic E-state index is 12.8. The highest BCUT2D eigenvalue weighted by Gasteiger charge is 2.22. The van der Waals surface area contributed by atoms with Crippen molar-refractivity contribution in [3.05, 3.63) is 83.6 Å². The molecule has 0 aliphatic heterocycles. The Labute approximate surface area is 317 Å². The molecule has 0 saturated carbocycles. The summed E-state index contributed by atoms with van der Waals surface area (Å²) in [6.07, 6.45) is 6.75. The van der Waals surface area contributed by atoms with Crippen molar-refractivity contribution in [3.63, 3.8) is 0 Å². The van der Waals surface area contributed by atoms with Gasteiger partial charge in [-0.2, -0.15) is 4.98 Å². The van der Waals surface area contributed by atoms with Crippen molar-refractivity contribution < 1.29 is 33.7 Å². The number of carboxylic acids is 1. The molecule has 0 saturated heterocycles. The summed E-state index contributed by atoms with van der Waals surface area (Å²) in [5.41, 5.74) is 7.35. The number of nitrogens with zero attached hydrogens (tertiary/aromatic N) is 3. The quantitative estimate of drug-likeness (QED) is 0.0431. The number of fused-ring (bicyclic) bond motifs is 1. The third-order valence-corrected chi connectivity index (χ3v) is 8.74. The van der Waals surface area contributed by atoms with Crippen LogP contribution in [-0.4, -0.2) is 88.4 Å². The number of H-pyrrole nitrogens is 1. The van der Waals surface area contributed by atoms with Gasteiger partial charge >= 0.3 is 5.97 Å². The molecule has 1 amide bonds. The Hall–Kier alpha value is -5.39. The maximum Gasteiger partial charge on any atom is 0.326 e. The molecule has 0 fully saturated rings. The van der Waals surface area contributed by atoms with Gasteiger partial charge in [-0.3, -0.25) is 29.0 Å². The van der Waals surface area contributed by atoms with Crippen molar-refractivity contribution in [1.82, 2.24) is 25.3 Å². The SMILES string of the molecule is CCCc1c(CCCCOCCOCCOCCCCC(=O)CC[C@H](NC(=O)c2ccc(NCc3cnc4nc(N)[nH]c(=O)c4n3)cc2)C(=O)O)c(=O)c1=O. The highest BCUT2D eigenvalue weighted by atomic mass is 16.5. The van der Waals surface area contributed by atoms with E-state index in [-0.39, 0.29) is 65.1 Å². The predicted octanol–water partition coefficient (Wildman–Crippen LogP) is 2.23. The van der Waals surface area contributed by atoms with Crippen molar-refractivity contribution in [2.75, 3.05) is 50.7 Å². The van der Waals surface area contributed by atoms with Gasteiger partial charge in [-0.25, -0.2) is 14.8 Å². The largest absolute Gasteiger partial charge is 0.480 e. The third kappa shape index (κ3) is 13.4. The number of aromatic nitrogens is 4. The summed E-state index contributed by atoms with van der Waals surface area (Å²) in [5.74, 6) is -1.96. The molecule has 0 bridgehead atoms. The van der Waals surface area contributed by atoms with Gasteiger partial charge in [0.05, 0.1) is 44.9 Å². The van der Waals surface area contributed by atoms with E-state index in [1.165, 1.54) is 18.3 Å². The summed E-state index contributed by atoms with van der Waals surface area (Å²) in [7, 11) is 0. The third-order valence-electron chi connectivity index (χ3n) is 8.74. The Morgan fingerprint density at radius 3 is 2.13 bits per heavy atom. The Kier molecular flexibility index (Phi) is 17.0. The van der Waals surface area contributed by atoms with Crippen molar-refractivity contribution in [3.8, 4) is 0 Å². The van der Waals surface area contributed by atoms with Gasteiger partial charge in [0.15, 0.2) is 11.2 Å². The van der Waals surface area contributed by atoms with E-state index in [9.17, 15) is 33.9 Å². The minimum atomic E-state index is -1.23. The topological polar surface area (TPSA) is 255 Å². The zero-order valence-corrected chi connectivity index (χ0v) is 31.0. The fourth-order valence-corrected chi connectivity index (χ4v) is 5.76. The van der Waals surface area contributed by atoms with Crippen molar-refractivity contribution >= 4 is 40.5 Å². The lowest BCUT2D eigenvalue weighted by Crippen LogP contribution is -2.41. The molecule has 296 valence electrons.